The molecule has 1 saturated heterocycles. The van der Waals surface area contributed by atoms with E-state index in [9.17, 15) is 4.79 Å². The van der Waals surface area contributed by atoms with E-state index >= 15 is 0 Å². The van der Waals surface area contributed by atoms with Crippen molar-refractivity contribution in [2.75, 3.05) is 42.9 Å². The van der Waals surface area contributed by atoms with E-state index in [1.807, 2.05) is 17.6 Å². The van der Waals surface area contributed by atoms with Gasteiger partial charge in [0, 0.05) is 43.4 Å². The summed E-state index contributed by atoms with van der Waals surface area (Å²) < 4.78 is 0. The first kappa shape index (κ1) is 15.6. The number of nitrogens with one attached hydrogen (secondary N) is 1. The van der Waals surface area contributed by atoms with Gasteiger partial charge in [0.2, 0.25) is 5.91 Å². The van der Waals surface area contributed by atoms with Crippen molar-refractivity contribution in [2.45, 2.75) is 19.3 Å². The standard InChI is InChI=1S/C18H22N4OS/c23-17(20-16-5-4-14-2-1-3-15(14)12-16)13-21-7-9-22(10-8-21)18-19-6-11-24-18/h4-6,11-12H,1-3,7-10,13H2,(H,20,23). The van der Waals surface area contributed by atoms with Crippen molar-refractivity contribution in [1.29, 1.82) is 0 Å². The molecule has 0 saturated carbocycles. The number of benzene rings is 1. The molecule has 0 radical (unpaired) electrons. The van der Waals surface area contributed by atoms with Crippen LogP contribution < -0.4 is 10.2 Å². The normalized spacial score (nSPS) is 17.8. The average Bonchev–Trinajstić information content (AvgIpc) is 3.26. The fourth-order valence-electron chi connectivity index (χ4n) is 3.52. The molecule has 0 atom stereocenters. The number of aryl methyl sites for hydroxylation is 2. The molecule has 0 bridgehead atoms. The third kappa shape index (κ3) is 3.44. The summed E-state index contributed by atoms with van der Waals surface area (Å²) in [5.74, 6) is 0.0793. The molecule has 1 aliphatic heterocycles. The maximum Gasteiger partial charge on any atom is 0.238 e. The monoisotopic (exact) mass is 342 g/mol. The van der Waals surface area contributed by atoms with Gasteiger partial charge in [-0.1, -0.05) is 6.07 Å². The average molecular weight is 342 g/mol. The van der Waals surface area contributed by atoms with E-state index in [0.717, 1.165) is 43.4 Å². The quantitative estimate of drug-likeness (QED) is 0.927. The minimum atomic E-state index is 0.0793. The zero-order valence-corrected chi connectivity index (χ0v) is 14.5. The molecule has 1 aromatic heterocycles. The molecule has 1 aliphatic carbocycles. The molecule has 0 unspecified atom stereocenters. The summed E-state index contributed by atoms with van der Waals surface area (Å²) in [7, 11) is 0. The van der Waals surface area contributed by atoms with Gasteiger partial charge in [-0.15, -0.1) is 11.3 Å². The lowest BCUT2D eigenvalue weighted by Gasteiger charge is -2.34. The molecule has 5 nitrogen and oxygen atoms in total. The van der Waals surface area contributed by atoms with Crippen molar-refractivity contribution in [3.05, 3.63) is 40.9 Å². The molecule has 24 heavy (non-hydrogen) atoms. The van der Waals surface area contributed by atoms with Crippen LogP contribution in [0.25, 0.3) is 0 Å². The van der Waals surface area contributed by atoms with Crippen LogP contribution in [0.2, 0.25) is 0 Å². The number of nitrogens with zero attached hydrogens (tertiary/aromatic N) is 3. The molecule has 1 N–H and O–H groups in total. The van der Waals surface area contributed by atoms with Crippen molar-refractivity contribution in [2.24, 2.45) is 0 Å². The Labute approximate surface area is 146 Å². The van der Waals surface area contributed by atoms with E-state index in [2.05, 4.69) is 32.2 Å². The lowest BCUT2D eigenvalue weighted by Crippen LogP contribution is -2.48. The van der Waals surface area contributed by atoms with E-state index in [4.69, 9.17) is 0 Å². The molecular weight excluding hydrogens is 320 g/mol. The third-order valence-electron chi connectivity index (χ3n) is 4.81. The van der Waals surface area contributed by atoms with Crippen molar-refractivity contribution in [3.63, 3.8) is 0 Å². The van der Waals surface area contributed by atoms with Gasteiger partial charge in [-0.05, 0) is 42.5 Å². The predicted molar refractivity (Wildman–Crippen MR) is 97.9 cm³/mol. The number of hydrogen-bond donors (Lipinski definition) is 1. The van der Waals surface area contributed by atoms with Crippen LogP contribution in [0.15, 0.2) is 29.8 Å². The summed E-state index contributed by atoms with van der Waals surface area (Å²) in [6.07, 6.45) is 5.39. The smallest absolute Gasteiger partial charge is 0.238 e. The number of carbonyl (C=O) groups excluding carboxylic acids is 1. The van der Waals surface area contributed by atoms with Crippen LogP contribution >= 0.6 is 11.3 Å². The highest BCUT2D eigenvalue weighted by Crippen LogP contribution is 2.25. The van der Waals surface area contributed by atoms with Gasteiger partial charge in [0.05, 0.1) is 6.54 Å². The molecule has 2 aromatic rings. The Morgan fingerprint density at radius 1 is 1.17 bits per heavy atom. The van der Waals surface area contributed by atoms with Crippen molar-refractivity contribution < 1.29 is 4.79 Å². The van der Waals surface area contributed by atoms with Crippen LogP contribution in [0, 0.1) is 0 Å². The Morgan fingerprint density at radius 2 is 2.00 bits per heavy atom. The van der Waals surface area contributed by atoms with Crippen molar-refractivity contribution in [3.8, 4) is 0 Å². The largest absolute Gasteiger partial charge is 0.346 e. The minimum absolute atomic E-state index is 0.0793. The van der Waals surface area contributed by atoms with Gasteiger partial charge in [0.15, 0.2) is 5.13 Å². The van der Waals surface area contributed by atoms with Gasteiger partial charge in [0.1, 0.15) is 0 Å². The zero-order valence-electron chi connectivity index (χ0n) is 13.7. The maximum absolute atomic E-state index is 12.3. The number of piperazine rings is 1. The van der Waals surface area contributed by atoms with Gasteiger partial charge >= 0.3 is 0 Å². The van der Waals surface area contributed by atoms with Crippen LogP contribution in [0.4, 0.5) is 10.8 Å². The van der Waals surface area contributed by atoms with Gasteiger partial charge in [-0.3, -0.25) is 9.69 Å². The van der Waals surface area contributed by atoms with Crippen LogP contribution in [0.5, 0.6) is 0 Å². The van der Waals surface area contributed by atoms with Crippen molar-refractivity contribution in [1.82, 2.24) is 9.88 Å². The fraction of sp³-hybridized carbons (Fsp3) is 0.444. The van der Waals surface area contributed by atoms with E-state index in [1.54, 1.807) is 11.3 Å². The number of thiazole rings is 1. The molecule has 4 rings (SSSR count). The van der Waals surface area contributed by atoms with Crippen molar-refractivity contribution >= 4 is 28.1 Å². The first-order valence-corrected chi connectivity index (χ1v) is 9.44. The lowest BCUT2D eigenvalue weighted by atomic mass is 10.1. The van der Waals surface area contributed by atoms with E-state index in [1.165, 1.54) is 24.0 Å². The second-order valence-corrected chi connectivity index (χ2v) is 7.34. The van der Waals surface area contributed by atoms with Crippen LogP contribution in [0.1, 0.15) is 17.5 Å². The third-order valence-corrected chi connectivity index (χ3v) is 5.64. The fourth-order valence-corrected chi connectivity index (χ4v) is 4.22. The van der Waals surface area contributed by atoms with E-state index in [-0.39, 0.29) is 5.91 Å². The molecule has 1 amide bonds. The molecule has 2 aliphatic rings. The SMILES string of the molecule is O=C(CN1CCN(c2nccs2)CC1)Nc1ccc2c(c1)CCC2. The highest BCUT2D eigenvalue weighted by Gasteiger charge is 2.20. The number of aromatic nitrogens is 1. The van der Waals surface area contributed by atoms with Gasteiger partial charge in [-0.2, -0.15) is 0 Å². The lowest BCUT2D eigenvalue weighted by molar-refractivity contribution is -0.117. The Bertz CT molecular complexity index is 708. The maximum atomic E-state index is 12.3. The van der Waals surface area contributed by atoms with E-state index in [0.29, 0.717) is 6.54 Å². The second-order valence-electron chi connectivity index (χ2n) is 6.46. The first-order valence-electron chi connectivity index (χ1n) is 8.56. The highest BCUT2D eigenvalue weighted by atomic mass is 32.1. The molecular formula is C18H22N4OS. The van der Waals surface area contributed by atoms with Gasteiger partial charge < -0.3 is 10.2 Å². The summed E-state index contributed by atoms with van der Waals surface area (Å²) >= 11 is 1.67. The number of fused-ring (bicyclic) bond motifs is 1. The number of rotatable bonds is 4. The van der Waals surface area contributed by atoms with Gasteiger partial charge in [-0.25, -0.2) is 4.98 Å². The summed E-state index contributed by atoms with van der Waals surface area (Å²) in [5, 5.41) is 6.14. The molecule has 2 heterocycles. The summed E-state index contributed by atoms with van der Waals surface area (Å²) in [5.41, 5.74) is 3.76. The first-order chi connectivity index (χ1) is 11.8. The number of anilines is 2. The zero-order chi connectivity index (χ0) is 16.4. The summed E-state index contributed by atoms with van der Waals surface area (Å²) in [6, 6.07) is 6.33. The molecule has 1 fully saturated rings. The number of carbonyl (C=O) groups is 1. The van der Waals surface area contributed by atoms with Crippen LogP contribution in [0.3, 0.4) is 0 Å². The Hall–Kier alpha value is -1.92. The Kier molecular flexibility index (Phi) is 4.49. The minimum Gasteiger partial charge on any atom is -0.346 e. The topological polar surface area (TPSA) is 48.5 Å². The van der Waals surface area contributed by atoms with Crippen LogP contribution in [-0.4, -0.2) is 48.5 Å². The van der Waals surface area contributed by atoms with Crippen LogP contribution in [-0.2, 0) is 17.6 Å². The molecule has 1 aromatic carbocycles. The molecule has 126 valence electrons. The number of amides is 1. The number of hydrogen-bond acceptors (Lipinski definition) is 5. The summed E-state index contributed by atoms with van der Waals surface area (Å²) in [4.78, 5) is 21.2. The molecule has 6 heteroatoms. The second kappa shape index (κ2) is 6.91. The molecule has 0 spiro atoms. The Balaban J connectivity index is 1.28. The summed E-state index contributed by atoms with van der Waals surface area (Å²) in [6.45, 7) is 4.12. The highest BCUT2D eigenvalue weighted by molar-refractivity contribution is 7.13. The predicted octanol–water partition coefficient (Wildman–Crippen LogP) is 2.39. The van der Waals surface area contributed by atoms with E-state index < -0.39 is 0 Å². The Morgan fingerprint density at radius 3 is 2.79 bits per heavy atom. The van der Waals surface area contributed by atoms with Gasteiger partial charge in [0.25, 0.3) is 0 Å².